The fourth-order valence-corrected chi connectivity index (χ4v) is 5.44. The SMILES string of the molecule is C=C1c2c(C)ccc(C)c2C(=O)c2c(NCC[N+](C)(CCF)CCF)ccc(NCC[N+](O)(CCF)CCF)c21. The third-order valence-electron chi connectivity index (χ3n) is 7.95. The van der Waals surface area contributed by atoms with Gasteiger partial charge in [-0.3, -0.25) is 4.79 Å². The van der Waals surface area contributed by atoms with Gasteiger partial charge in [0, 0.05) is 22.5 Å². The molecule has 1 aliphatic carbocycles. The maximum absolute atomic E-state index is 14.0. The van der Waals surface area contributed by atoms with Gasteiger partial charge in [0.25, 0.3) is 0 Å². The molecule has 0 saturated carbocycles. The summed E-state index contributed by atoms with van der Waals surface area (Å²) in [6, 6.07) is 7.45. The van der Waals surface area contributed by atoms with Gasteiger partial charge < -0.3 is 15.1 Å². The summed E-state index contributed by atoms with van der Waals surface area (Å²) < 4.78 is 51.7. The molecule has 0 radical (unpaired) electrons. The summed E-state index contributed by atoms with van der Waals surface area (Å²) in [6.45, 7) is 6.61. The Balaban J connectivity index is 1.98. The molecule has 2 aromatic carbocycles. The summed E-state index contributed by atoms with van der Waals surface area (Å²) in [5.41, 5.74) is 6.05. The Morgan fingerprint density at radius 2 is 1.18 bits per heavy atom. The maximum atomic E-state index is 14.0. The van der Waals surface area contributed by atoms with Crippen LogP contribution >= 0.6 is 0 Å². The number of nitrogens with zero attached hydrogens (tertiary/aromatic N) is 2. The van der Waals surface area contributed by atoms with Crippen LogP contribution in [0.1, 0.15) is 38.2 Å². The van der Waals surface area contributed by atoms with Gasteiger partial charge >= 0.3 is 0 Å². The Bertz CT molecular complexity index is 1120. The van der Waals surface area contributed by atoms with Gasteiger partial charge in [-0.25, -0.2) is 22.8 Å². The Morgan fingerprint density at radius 1 is 0.700 bits per heavy atom. The fourth-order valence-electron chi connectivity index (χ4n) is 5.44. The van der Waals surface area contributed by atoms with Crippen LogP contribution in [0.15, 0.2) is 30.8 Å². The number of fused-ring (bicyclic) bond motifs is 2. The van der Waals surface area contributed by atoms with Crippen molar-refractivity contribution in [2.24, 2.45) is 0 Å². The Kier molecular flexibility index (Phi) is 10.7. The van der Waals surface area contributed by atoms with Gasteiger partial charge in [-0.1, -0.05) is 18.7 Å². The number of hydrogen-bond acceptors (Lipinski definition) is 4. The zero-order valence-corrected chi connectivity index (χ0v) is 23.8. The van der Waals surface area contributed by atoms with E-state index in [0.29, 0.717) is 46.7 Å². The lowest BCUT2D eigenvalue weighted by Crippen LogP contribution is -2.50. The van der Waals surface area contributed by atoms with E-state index in [1.165, 1.54) is 0 Å². The number of anilines is 2. The quantitative estimate of drug-likeness (QED) is 0.126. The topological polar surface area (TPSA) is 61.4 Å². The molecule has 0 saturated heterocycles. The molecule has 0 spiro atoms. The first-order chi connectivity index (χ1) is 19.0. The summed E-state index contributed by atoms with van der Waals surface area (Å²) in [4.78, 5) is 14.0. The van der Waals surface area contributed by atoms with E-state index in [1.807, 2.05) is 39.1 Å². The molecule has 0 heterocycles. The second kappa shape index (κ2) is 13.6. The average molecular weight is 567 g/mol. The van der Waals surface area contributed by atoms with Crippen molar-refractivity contribution in [1.82, 2.24) is 0 Å². The molecule has 10 heteroatoms. The number of rotatable bonds is 16. The van der Waals surface area contributed by atoms with Crippen molar-refractivity contribution in [2.45, 2.75) is 13.8 Å². The molecule has 2 aromatic rings. The summed E-state index contributed by atoms with van der Waals surface area (Å²) in [7, 11) is 1.81. The number of hydroxylamine groups is 3. The molecule has 220 valence electrons. The number of carbonyl (C=O) groups is 1. The van der Waals surface area contributed by atoms with Crippen molar-refractivity contribution < 1.29 is 36.7 Å². The van der Waals surface area contributed by atoms with Crippen molar-refractivity contribution >= 4 is 22.7 Å². The first-order valence-electron chi connectivity index (χ1n) is 13.7. The van der Waals surface area contributed by atoms with Crippen molar-refractivity contribution in [3.63, 3.8) is 0 Å². The minimum atomic E-state index is -0.776. The number of ketones is 1. The van der Waals surface area contributed by atoms with E-state index in [9.17, 15) is 27.6 Å². The number of nitrogens with one attached hydrogen (secondary N) is 2. The number of aryl methyl sites for hydroxylation is 2. The predicted molar refractivity (Wildman–Crippen MR) is 152 cm³/mol. The first kappa shape index (κ1) is 31.6. The van der Waals surface area contributed by atoms with Crippen LogP contribution in [0, 0.1) is 13.8 Å². The number of alkyl halides is 4. The largest absolute Gasteiger partial charge is 0.379 e. The highest BCUT2D eigenvalue weighted by Gasteiger charge is 2.33. The van der Waals surface area contributed by atoms with E-state index in [2.05, 4.69) is 17.2 Å². The van der Waals surface area contributed by atoms with Gasteiger partial charge in [-0.2, -0.15) is 4.65 Å². The van der Waals surface area contributed by atoms with E-state index in [1.54, 1.807) is 6.07 Å². The number of halogens is 4. The van der Waals surface area contributed by atoms with Crippen LogP contribution in [0.5, 0.6) is 0 Å². The van der Waals surface area contributed by atoms with Crippen LogP contribution in [0.4, 0.5) is 28.9 Å². The zero-order valence-electron chi connectivity index (χ0n) is 23.8. The van der Waals surface area contributed by atoms with Gasteiger partial charge in [-0.15, -0.1) is 0 Å². The lowest BCUT2D eigenvalue weighted by molar-refractivity contribution is -1.10. The van der Waals surface area contributed by atoms with Gasteiger partial charge in [0.1, 0.15) is 59.4 Å². The first-order valence-corrected chi connectivity index (χ1v) is 13.7. The Hall–Kier alpha value is -2.95. The molecule has 40 heavy (non-hydrogen) atoms. The standard InChI is InChI=1S/C30H41F4N4O2/c1-21-5-6-22(2)27-26(21)23(3)28-24(36-14-20-38(40,17-11-33)18-12-34)7-8-25(29(28)30(27)39)35-13-19-37(4,15-9-31)16-10-32/h5-8,36,40H,3,9-20H2,1-2,4H3/q+1/p+1. The number of quaternary nitrogens is 2. The third kappa shape index (κ3) is 6.85. The van der Waals surface area contributed by atoms with Crippen molar-refractivity contribution in [3.8, 4) is 0 Å². The summed E-state index contributed by atoms with van der Waals surface area (Å²) in [5.74, 6) is -0.156. The van der Waals surface area contributed by atoms with Crippen molar-refractivity contribution in [2.75, 3.05) is 96.7 Å². The Morgan fingerprint density at radius 3 is 1.70 bits per heavy atom. The highest BCUT2D eigenvalue weighted by molar-refractivity contribution is 6.23. The van der Waals surface area contributed by atoms with Crippen LogP contribution in [-0.2, 0) is 0 Å². The number of likely N-dealkylation sites (N-methyl/N-ethyl adjacent to an activating group) is 1. The normalized spacial score (nSPS) is 13.3. The second-order valence-corrected chi connectivity index (χ2v) is 10.8. The predicted octanol–water partition coefficient (Wildman–Crippen LogP) is 5.26. The van der Waals surface area contributed by atoms with Gasteiger partial charge in [0.15, 0.2) is 5.78 Å². The molecule has 0 bridgehead atoms. The number of hydrogen-bond donors (Lipinski definition) is 3. The highest BCUT2D eigenvalue weighted by Crippen LogP contribution is 2.44. The molecule has 1 aliphatic rings. The summed E-state index contributed by atoms with van der Waals surface area (Å²) in [6.07, 6.45) is 0. The van der Waals surface area contributed by atoms with Gasteiger partial charge in [-0.05, 0) is 48.2 Å². The molecule has 0 amide bonds. The molecule has 0 aliphatic heterocycles. The minimum Gasteiger partial charge on any atom is -0.379 e. The molecule has 0 unspecified atom stereocenters. The smallest absolute Gasteiger partial charge is 0.196 e. The molecule has 0 fully saturated rings. The minimum absolute atomic E-state index is 0.0669. The van der Waals surface area contributed by atoms with Crippen LogP contribution < -0.4 is 10.6 Å². The van der Waals surface area contributed by atoms with E-state index < -0.39 is 31.3 Å². The Labute approximate surface area is 234 Å². The monoisotopic (exact) mass is 566 g/mol. The number of benzene rings is 2. The molecular formula is C30H42F4N4O2+2. The second-order valence-electron chi connectivity index (χ2n) is 10.8. The number of carbonyl (C=O) groups excluding carboxylic acids is 1. The molecule has 0 aromatic heterocycles. The molecule has 6 nitrogen and oxygen atoms in total. The van der Waals surface area contributed by atoms with Crippen LogP contribution in [0.3, 0.4) is 0 Å². The third-order valence-corrected chi connectivity index (χ3v) is 7.95. The van der Waals surface area contributed by atoms with Crippen molar-refractivity contribution in [3.05, 3.63) is 64.2 Å². The lowest BCUT2D eigenvalue weighted by atomic mass is 9.77. The van der Waals surface area contributed by atoms with E-state index >= 15 is 0 Å². The molecular weight excluding hydrogens is 524 g/mol. The maximum Gasteiger partial charge on any atom is 0.196 e. The van der Waals surface area contributed by atoms with Crippen LogP contribution in [-0.4, -0.2) is 106 Å². The lowest BCUT2D eigenvalue weighted by Gasteiger charge is -2.33. The van der Waals surface area contributed by atoms with Crippen LogP contribution in [0.25, 0.3) is 5.57 Å². The zero-order chi connectivity index (χ0) is 29.5. The molecule has 0 atom stereocenters. The van der Waals surface area contributed by atoms with E-state index in [0.717, 1.165) is 16.7 Å². The van der Waals surface area contributed by atoms with Gasteiger partial charge in [0.2, 0.25) is 0 Å². The average Bonchev–Trinajstić information content (AvgIpc) is 2.89. The van der Waals surface area contributed by atoms with Crippen molar-refractivity contribution in [1.29, 1.82) is 0 Å². The van der Waals surface area contributed by atoms with E-state index in [-0.39, 0.29) is 49.5 Å². The molecule has 3 rings (SSSR count). The molecule has 3 N–H and O–H groups in total. The van der Waals surface area contributed by atoms with E-state index in [4.69, 9.17) is 0 Å². The van der Waals surface area contributed by atoms with Crippen LogP contribution in [0.2, 0.25) is 0 Å². The van der Waals surface area contributed by atoms with Gasteiger partial charge in [0.05, 0.1) is 32.2 Å². The summed E-state index contributed by atoms with van der Waals surface area (Å²) in [5, 5.41) is 17.2. The fraction of sp³-hybridized carbons (Fsp3) is 0.500. The summed E-state index contributed by atoms with van der Waals surface area (Å²) >= 11 is 0. The highest BCUT2D eigenvalue weighted by atomic mass is 19.1.